The average Bonchev–Trinajstić information content (AvgIpc) is 2.49. The van der Waals surface area contributed by atoms with Crippen molar-refractivity contribution in [2.45, 2.75) is 40.0 Å². The molecule has 0 spiro atoms. The predicted octanol–water partition coefficient (Wildman–Crippen LogP) is 2.30. The maximum absolute atomic E-state index is 4.01. The zero-order valence-electron chi connectivity index (χ0n) is 9.33. The van der Waals surface area contributed by atoms with Gasteiger partial charge in [0.05, 0.1) is 0 Å². The van der Waals surface area contributed by atoms with E-state index in [-0.39, 0.29) is 11.3 Å². The molecule has 1 aromatic rings. The highest BCUT2D eigenvalue weighted by Gasteiger charge is 2.23. The summed E-state index contributed by atoms with van der Waals surface area (Å²) in [4.78, 5) is 0. The van der Waals surface area contributed by atoms with Crippen molar-refractivity contribution >= 4 is 0 Å². The minimum atomic E-state index is 0.203. The number of aromatic amines is 1. The van der Waals surface area contributed by atoms with Crippen LogP contribution >= 0.6 is 0 Å². The molecule has 0 saturated heterocycles. The summed E-state index contributed by atoms with van der Waals surface area (Å²) in [5.74, 6) is 0.946. The summed E-state index contributed by atoms with van der Waals surface area (Å²) >= 11 is 0. The third-order valence-corrected chi connectivity index (χ3v) is 2.08. The summed E-state index contributed by atoms with van der Waals surface area (Å²) in [6, 6.07) is 0. The van der Waals surface area contributed by atoms with Crippen LogP contribution < -0.4 is 0 Å². The van der Waals surface area contributed by atoms with Gasteiger partial charge < -0.3 is 0 Å². The van der Waals surface area contributed by atoms with Crippen LogP contribution in [0.5, 0.6) is 0 Å². The molecule has 14 heavy (non-hydrogen) atoms. The third kappa shape index (κ3) is 2.94. The molecule has 0 radical (unpaired) electrons. The molecule has 1 rings (SSSR count). The lowest BCUT2D eigenvalue weighted by Gasteiger charge is -2.23. The molecule has 0 amide bonds. The standard InChI is InChI=1S/C10H18N4/c1-7(2)8(6-10(3,4)5)9-11-13-14-12-9/h8H,1,6H2,2-5H3,(H,11,12,13,14). The Hall–Kier alpha value is -1.19. The number of hydrogen-bond donors (Lipinski definition) is 1. The molecule has 0 aliphatic rings. The van der Waals surface area contributed by atoms with Crippen molar-refractivity contribution in [2.24, 2.45) is 5.41 Å². The van der Waals surface area contributed by atoms with Gasteiger partial charge >= 0.3 is 0 Å². The first-order valence-corrected chi connectivity index (χ1v) is 4.79. The maximum Gasteiger partial charge on any atom is 0.181 e. The number of hydrogen-bond acceptors (Lipinski definition) is 3. The highest BCUT2D eigenvalue weighted by molar-refractivity contribution is 5.12. The topological polar surface area (TPSA) is 54.5 Å². The van der Waals surface area contributed by atoms with Gasteiger partial charge in [0.25, 0.3) is 0 Å². The van der Waals surface area contributed by atoms with Crippen LogP contribution in [0.15, 0.2) is 12.2 Å². The lowest BCUT2D eigenvalue weighted by Crippen LogP contribution is -2.14. The van der Waals surface area contributed by atoms with Gasteiger partial charge in [0.1, 0.15) is 0 Å². The summed E-state index contributed by atoms with van der Waals surface area (Å²) in [5.41, 5.74) is 1.32. The van der Waals surface area contributed by atoms with Crippen LogP contribution in [0.4, 0.5) is 0 Å². The van der Waals surface area contributed by atoms with Gasteiger partial charge in [0, 0.05) is 5.92 Å². The lowest BCUT2D eigenvalue weighted by atomic mass is 9.81. The Morgan fingerprint density at radius 1 is 1.50 bits per heavy atom. The quantitative estimate of drug-likeness (QED) is 0.751. The van der Waals surface area contributed by atoms with Gasteiger partial charge in [-0.25, -0.2) is 0 Å². The van der Waals surface area contributed by atoms with Crippen molar-refractivity contribution in [1.29, 1.82) is 0 Å². The first kappa shape index (κ1) is 10.9. The normalized spacial score (nSPS) is 14.0. The number of tetrazole rings is 1. The predicted molar refractivity (Wildman–Crippen MR) is 55.8 cm³/mol. The SMILES string of the molecule is C=C(C)C(CC(C)(C)C)c1nn[nH]n1. The van der Waals surface area contributed by atoms with Crippen LogP contribution in [-0.4, -0.2) is 20.6 Å². The van der Waals surface area contributed by atoms with Crippen molar-refractivity contribution in [3.63, 3.8) is 0 Å². The Morgan fingerprint density at radius 2 is 2.14 bits per heavy atom. The van der Waals surface area contributed by atoms with Gasteiger partial charge in [0.15, 0.2) is 5.82 Å². The fourth-order valence-corrected chi connectivity index (χ4v) is 1.42. The lowest BCUT2D eigenvalue weighted by molar-refractivity contribution is 0.350. The molecule has 0 aliphatic heterocycles. The van der Waals surface area contributed by atoms with Crippen LogP contribution in [0.25, 0.3) is 0 Å². The van der Waals surface area contributed by atoms with E-state index in [1.807, 2.05) is 6.92 Å². The Labute approximate surface area is 84.8 Å². The Morgan fingerprint density at radius 3 is 2.50 bits per heavy atom. The van der Waals surface area contributed by atoms with Crippen LogP contribution in [0.2, 0.25) is 0 Å². The molecule has 1 N–H and O–H groups in total. The molecule has 78 valence electrons. The van der Waals surface area contributed by atoms with Gasteiger partial charge in [-0.15, -0.1) is 10.2 Å². The van der Waals surface area contributed by atoms with E-state index in [1.54, 1.807) is 0 Å². The van der Waals surface area contributed by atoms with Crippen LogP contribution in [0, 0.1) is 5.41 Å². The molecule has 4 nitrogen and oxygen atoms in total. The molecular formula is C10H18N4. The highest BCUT2D eigenvalue weighted by Crippen LogP contribution is 2.33. The van der Waals surface area contributed by atoms with Crippen LogP contribution in [-0.2, 0) is 0 Å². The number of nitrogens with one attached hydrogen (secondary N) is 1. The molecule has 1 aromatic heterocycles. The summed E-state index contributed by atoms with van der Waals surface area (Å²) in [7, 11) is 0. The van der Waals surface area contributed by atoms with E-state index in [0.717, 1.165) is 17.8 Å². The van der Waals surface area contributed by atoms with Crippen molar-refractivity contribution < 1.29 is 0 Å². The summed E-state index contributed by atoms with van der Waals surface area (Å²) in [5, 5.41) is 14.1. The first-order chi connectivity index (χ1) is 6.40. The van der Waals surface area contributed by atoms with Crippen molar-refractivity contribution in [3.8, 4) is 0 Å². The molecular weight excluding hydrogens is 176 g/mol. The second kappa shape index (κ2) is 3.90. The van der Waals surface area contributed by atoms with E-state index < -0.39 is 0 Å². The first-order valence-electron chi connectivity index (χ1n) is 4.79. The molecule has 4 heteroatoms. The Bertz CT molecular complexity index is 294. The minimum absolute atomic E-state index is 0.203. The monoisotopic (exact) mass is 194 g/mol. The van der Waals surface area contributed by atoms with E-state index in [1.165, 1.54) is 0 Å². The molecule has 0 aliphatic carbocycles. The molecule has 1 unspecified atom stereocenters. The van der Waals surface area contributed by atoms with Gasteiger partial charge in [-0.3, -0.25) is 0 Å². The van der Waals surface area contributed by atoms with Crippen molar-refractivity contribution in [2.75, 3.05) is 0 Å². The Balaban J connectivity index is 2.82. The molecule has 1 atom stereocenters. The second-order valence-corrected chi connectivity index (χ2v) is 4.93. The average molecular weight is 194 g/mol. The van der Waals surface area contributed by atoms with Gasteiger partial charge in [0.2, 0.25) is 0 Å². The largest absolute Gasteiger partial charge is 0.181 e. The zero-order valence-corrected chi connectivity index (χ0v) is 9.33. The number of allylic oxidation sites excluding steroid dienone is 1. The van der Waals surface area contributed by atoms with Gasteiger partial charge in [-0.05, 0) is 18.8 Å². The minimum Gasteiger partial charge on any atom is -0.177 e. The molecule has 0 bridgehead atoms. The zero-order chi connectivity index (χ0) is 10.8. The van der Waals surface area contributed by atoms with Crippen molar-refractivity contribution in [1.82, 2.24) is 20.6 Å². The van der Waals surface area contributed by atoms with E-state index in [4.69, 9.17) is 0 Å². The van der Waals surface area contributed by atoms with Crippen LogP contribution in [0.3, 0.4) is 0 Å². The number of nitrogens with zero attached hydrogens (tertiary/aromatic N) is 3. The summed E-state index contributed by atoms with van der Waals surface area (Å²) in [6.45, 7) is 12.6. The highest BCUT2D eigenvalue weighted by atomic mass is 15.5. The summed E-state index contributed by atoms with van der Waals surface area (Å²) in [6.07, 6.45) is 0.988. The van der Waals surface area contributed by atoms with E-state index in [9.17, 15) is 0 Å². The van der Waals surface area contributed by atoms with Gasteiger partial charge in [-0.1, -0.05) is 38.1 Å². The molecule has 0 fully saturated rings. The van der Waals surface area contributed by atoms with Crippen molar-refractivity contribution in [3.05, 3.63) is 18.0 Å². The smallest absolute Gasteiger partial charge is 0.177 e. The molecule has 0 aromatic carbocycles. The fraction of sp³-hybridized carbons (Fsp3) is 0.700. The van der Waals surface area contributed by atoms with E-state index in [2.05, 4.69) is 48.0 Å². The van der Waals surface area contributed by atoms with E-state index in [0.29, 0.717) is 0 Å². The van der Waals surface area contributed by atoms with Crippen LogP contribution in [0.1, 0.15) is 45.9 Å². The number of rotatable bonds is 3. The third-order valence-electron chi connectivity index (χ3n) is 2.08. The number of H-pyrrole nitrogens is 1. The maximum atomic E-state index is 4.01. The van der Waals surface area contributed by atoms with E-state index >= 15 is 0 Å². The van der Waals surface area contributed by atoms with Gasteiger partial charge in [-0.2, -0.15) is 5.21 Å². The number of aromatic nitrogens is 4. The second-order valence-electron chi connectivity index (χ2n) is 4.93. The Kier molecular flexibility index (Phi) is 3.03. The molecule has 1 heterocycles. The fourth-order valence-electron chi connectivity index (χ4n) is 1.42. The summed E-state index contributed by atoms with van der Waals surface area (Å²) < 4.78 is 0. The molecule has 0 saturated carbocycles.